The molecule has 0 bridgehead atoms. The predicted molar refractivity (Wildman–Crippen MR) is 47.4 cm³/mol. The third kappa shape index (κ3) is 8.14. The van der Waals surface area contributed by atoms with Crippen LogP contribution in [0.15, 0.2) is 0 Å². The van der Waals surface area contributed by atoms with E-state index >= 15 is 0 Å². The average Bonchev–Trinajstić information content (AvgIpc) is 1.57. The summed E-state index contributed by atoms with van der Waals surface area (Å²) in [5.41, 5.74) is 0. The van der Waals surface area contributed by atoms with E-state index in [1.807, 2.05) is 13.1 Å². The van der Waals surface area contributed by atoms with Gasteiger partial charge >= 0.3 is 0 Å². The molecule has 0 amide bonds. The Bertz CT molecular complexity index is 87.2. The van der Waals surface area contributed by atoms with E-state index < -0.39 is 8.32 Å². The molecule has 1 N–H and O–H groups in total. The molecule has 0 unspecified atom stereocenters. The number of quaternary nitrogens is 1. The Morgan fingerprint density at radius 1 is 1.20 bits per heavy atom. The van der Waals surface area contributed by atoms with Crippen LogP contribution >= 0.6 is 0 Å². The van der Waals surface area contributed by atoms with Gasteiger partial charge in [-0.2, -0.15) is 0 Å². The second-order valence-corrected chi connectivity index (χ2v) is 8.70. The fourth-order valence-electron chi connectivity index (χ4n) is 0.609. The Balaban J connectivity index is 3.56. The van der Waals surface area contributed by atoms with Crippen molar-refractivity contribution in [3.8, 4) is 0 Å². The maximum atomic E-state index is 9.51. The van der Waals surface area contributed by atoms with Gasteiger partial charge < -0.3 is 9.28 Å². The minimum atomic E-state index is -1.78. The summed E-state index contributed by atoms with van der Waals surface area (Å²) in [5.74, 6) is 0. The van der Waals surface area contributed by atoms with Crippen LogP contribution < -0.4 is 0 Å². The molecule has 3 heteroatoms. The lowest BCUT2D eigenvalue weighted by molar-refractivity contribution is -0.868. The van der Waals surface area contributed by atoms with Crippen molar-refractivity contribution >= 4 is 8.32 Å². The molecule has 10 heavy (non-hydrogen) atoms. The zero-order valence-corrected chi connectivity index (χ0v) is 8.81. The van der Waals surface area contributed by atoms with Crippen LogP contribution in [0.3, 0.4) is 0 Å². The molecule has 0 saturated heterocycles. The van der Waals surface area contributed by atoms with Crippen molar-refractivity contribution in [2.75, 3.05) is 27.7 Å². The zero-order valence-electron chi connectivity index (χ0n) is 7.81. The standard InChI is InChI=1S/C7H20NOSi/c1-8(2,3)6-7-10(4,5)9/h9H,6-7H2,1-5H3/q+1. The highest BCUT2D eigenvalue weighted by Gasteiger charge is 2.20. The van der Waals surface area contributed by atoms with Crippen LogP contribution in [0.5, 0.6) is 0 Å². The molecule has 0 aliphatic heterocycles. The molecule has 0 spiro atoms. The van der Waals surface area contributed by atoms with Crippen LogP contribution in [0.4, 0.5) is 0 Å². The predicted octanol–water partition coefficient (Wildman–Crippen LogP) is 0.890. The molecular weight excluding hydrogens is 142 g/mol. The molecule has 0 saturated carbocycles. The summed E-state index contributed by atoms with van der Waals surface area (Å²) in [6, 6.07) is 0.997. The number of rotatable bonds is 3. The van der Waals surface area contributed by atoms with Gasteiger partial charge in [0.05, 0.1) is 27.7 Å². The quantitative estimate of drug-likeness (QED) is 0.483. The number of nitrogens with zero attached hydrogens (tertiary/aromatic N) is 1. The highest BCUT2D eigenvalue weighted by atomic mass is 28.4. The van der Waals surface area contributed by atoms with E-state index in [9.17, 15) is 4.80 Å². The van der Waals surface area contributed by atoms with Gasteiger partial charge in [-0.1, -0.05) is 0 Å². The van der Waals surface area contributed by atoms with Crippen molar-refractivity contribution in [2.45, 2.75) is 19.1 Å². The van der Waals surface area contributed by atoms with Crippen molar-refractivity contribution in [3.63, 3.8) is 0 Å². The van der Waals surface area contributed by atoms with Crippen LogP contribution in [-0.4, -0.2) is 45.3 Å². The normalized spacial score (nSPS) is 13.8. The van der Waals surface area contributed by atoms with E-state index in [2.05, 4.69) is 21.1 Å². The third-order valence-electron chi connectivity index (χ3n) is 1.39. The summed E-state index contributed by atoms with van der Waals surface area (Å²) in [4.78, 5) is 9.51. The van der Waals surface area contributed by atoms with Crippen LogP contribution in [0.25, 0.3) is 0 Å². The summed E-state index contributed by atoms with van der Waals surface area (Å²) >= 11 is 0. The molecule has 0 radical (unpaired) electrons. The molecule has 0 aromatic carbocycles. The Morgan fingerprint density at radius 3 is 1.70 bits per heavy atom. The van der Waals surface area contributed by atoms with Crippen LogP contribution in [-0.2, 0) is 0 Å². The fourth-order valence-corrected chi connectivity index (χ4v) is 1.83. The molecule has 62 valence electrons. The van der Waals surface area contributed by atoms with Crippen LogP contribution in [0.2, 0.25) is 19.1 Å². The van der Waals surface area contributed by atoms with E-state index in [1.165, 1.54) is 0 Å². The van der Waals surface area contributed by atoms with Gasteiger partial charge in [0.2, 0.25) is 0 Å². The molecule has 0 fully saturated rings. The van der Waals surface area contributed by atoms with Crippen molar-refractivity contribution < 1.29 is 9.28 Å². The van der Waals surface area contributed by atoms with Crippen molar-refractivity contribution in [3.05, 3.63) is 0 Å². The largest absolute Gasteiger partial charge is 0.432 e. The summed E-state index contributed by atoms with van der Waals surface area (Å²) in [6.07, 6.45) is 0. The zero-order chi connectivity index (χ0) is 8.41. The first kappa shape index (κ1) is 10.1. The molecule has 0 heterocycles. The van der Waals surface area contributed by atoms with E-state index in [0.29, 0.717) is 0 Å². The molecule has 0 aromatic rings. The first-order valence-electron chi connectivity index (χ1n) is 3.74. The van der Waals surface area contributed by atoms with Gasteiger partial charge in [-0.15, -0.1) is 0 Å². The summed E-state index contributed by atoms with van der Waals surface area (Å²) in [5, 5.41) is 0. The first-order valence-corrected chi connectivity index (χ1v) is 6.89. The molecular formula is C7H20NOSi+. The van der Waals surface area contributed by atoms with Gasteiger partial charge in [0, 0.05) is 6.04 Å². The Hall–Kier alpha value is 0.137. The maximum Gasteiger partial charge on any atom is 0.188 e. The third-order valence-corrected chi connectivity index (χ3v) is 2.84. The van der Waals surface area contributed by atoms with E-state index in [-0.39, 0.29) is 0 Å². The van der Waals surface area contributed by atoms with Crippen molar-refractivity contribution in [1.29, 1.82) is 0 Å². The van der Waals surface area contributed by atoms with Gasteiger partial charge in [-0.3, -0.25) is 0 Å². The SMILES string of the molecule is C[N+](C)(C)CC[Si](C)(C)O. The average molecular weight is 162 g/mol. The molecule has 0 atom stereocenters. The topological polar surface area (TPSA) is 20.2 Å². The van der Waals surface area contributed by atoms with Crippen molar-refractivity contribution in [2.24, 2.45) is 0 Å². The second kappa shape index (κ2) is 3.03. The lowest BCUT2D eigenvalue weighted by Crippen LogP contribution is -2.40. The first-order chi connectivity index (χ1) is 4.21. The number of hydrogen-bond donors (Lipinski definition) is 1. The van der Waals surface area contributed by atoms with Gasteiger partial charge in [0.25, 0.3) is 0 Å². The summed E-state index contributed by atoms with van der Waals surface area (Å²) < 4.78 is 0.955. The molecule has 0 rings (SSSR count). The summed E-state index contributed by atoms with van der Waals surface area (Å²) in [6.45, 7) is 5.06. The molecule has 0 aromatic heterocycles. The minimum absolute atomic E-state index is 0.955. The Labute approximate surface area is 65.2 Å². The lowest BCUT2D eigenvalue weighted by Gasteiger charge is -2.26. The van der Waals surface area contributed by atoms with Crippen LogP contribution in [0.1, 0.15) is 0 Å². The minimum Gasteiger partial charge on any atom is -0.432 e. The van der Waals surface area contributed by atoms with E-state index in [0.717, 1.165) is 17.1 Å². The second-order valence-electron chi connectivity index (χ2n) is 4.58. The molecule has 2 nitrogen and oxygen atoms in total. The van der Waals surface area contributed by atoms with Gasteiger partial charge in [-0.25, -0.2) is 0 Å². The van der Waals surface area contributed by atoms with Gasteiger partial charge in [0.1, 0.15) is 0 Å². The lowest BCUT2D eigenvalue weighted by atomic mass is 10.6. The highest BCUT2D eigenvalue weighted by molar-refractivity contribution is 6.69. The van der Waals surface area contributed by atoms with E-state index in [1.54, 1.807) is 0 Å². The highest BCUT2D eigenvalue weighted by Crippen LogP contribution is 2.06. The van der Waals surface area contributed by atoms with E-state index in [4.69, 9.17) is 0 Å². The molecule has 0 aliphatic rings. The van der Waals surface area contributed by atoms with Crippen LogP contribution in [0, 0.1) is 0 Å². The fraction of sp³-hybridized carbons (Fsp3) is 1.00. The summed E-state index contributed by atoms with van der Waals surface area (Å²) in [7, 11) is 4.68. The Morgan fingerprint density at radius 2 is 1.60 bits per heavy atom. The maximum absolute atomic E-state index is 9.51. The van der Waals surface area contributed by atoms with Gasteiger partial charge in [-0.05, 0) is 13.1 Å². The Kier molecular flexibility index (Phi) is 3.07. The monoisotopic (exact) mass is 162 g/mol. The molecule has 0 aliphatic carbocycles. The smallest absolute Gasteiger partial charge is 0.188 e. The van der Waals surface area contributed by atoms with Crippen molar-refractivity contribution in [1.82, 2.24) is 0 Å². The number of hydrogen-bond acceptors (Lipinski definition) is 1. The van der Waals surface area contributed by atoms with Gasteiger partial charge in [0.15, 0.2) is 8.32 Å².